The summed E-state index contributed by atoms with van der Waals surface area (Å²) in [6.45, 7) is 1.36. The summed E-state index contributed by atoms with van der Waals surface area (Å²) in [4.78, 5) is 23.6. The first-order chi connectivity index (χ1) is 11.4. The molecule has 0 aromatic heterocycles. The van der Waals surface area contributed by atoms with Crippen molar-refractivity contribution in [2.75, 3.05) is 13.7 Å². The summed E-state index contributed by atoms with van der Waals surface area (Å²) in [7, 11) is 1.23. The van der Waals surface area contributed by atoms with Crippen LogP contribution in [0.5, 0.6) is 11.5 Å². The highest BCUT2D eigenvalue weighted by Crippen LogP contribution is 2.23. The molecule has 0 radical (unpaired) electrons. The second-order valence-electron chi connectivity index (χ2n) is 4.83. The maximum atomic E-state index is 13.0. The van der Waals surface area contributed by atoms with E-state index in [1.165, 1.54) is 25.3 Å². The molecular formula is C17H14ClFO5. The first kappa shape index (κ1) is 17.7. The molecule has 0 saturated heterocycles. The number of carbonyl (C=O) groups excluding carboxylic acids is 2. The molecule has 0 aliphatic heterocycles. The fourth-order valence-electron chi connectivity index (χ4n) is 1.86. The number of carbonyl (C=O) groups is 2. The number of rotatable bonds is 5. The van der Waals surface area contributed by atoms with Gasteiger partial charge < -0.3 is 14.2 Å². The number of halogens is 2. The Labute approximate surface area is 142 Å². The van der Waals surface area contributed by atoms with Crippen molar-refractivity contribution in [3.63, 3.8) is 0 Å². The average molecular weight is 353 g/mol. The van der Waals surface area contributed by atoms with E-state index >= 15 is 0 Å². The van der Waals surface area contributed by atoms with Crippen molar-refractivity contribution in [3.05, 3.63) is 58.4 Å². The average Bonchev–Trinajstić information content (AvgIpc) is 2.56. The highest BCUT2D eigenvalue weighted by molar-refractivity contribution is 6.30. The third kappa shape index (κ3) is 4.45. The zero-order valence-electron chi connectivity index (χ0n) is 13.0. The number of benzene rings is 2. The summed E-state index contributed by atoms with van der Waals surface area (Å²) >= 11 is 5.62. The molecule has 7 heteroatoms. The van der Waals surface area contributed by atoms with E-state index < -0.39 is 24.4 Å². The van der Waals surface area contributed by atoms with Gasteiger partial charge in [-0.25, -0.2) is 14.0 Å². The quantitative estimate of drug-likeness (QED) is 0.608. The number of esters is 2. The first-order valence-electron chi connectivity index (χ1n) is 6.88. The Morgan fingerprint density at radius 2 is 1.92 bits per heavy atom. The van der Waals surface area contributed by atoms with Crippen LogP contribution in [0.1, 0.15) is 15.9 Å². The Kier molecular flexibility index (Phi) is 5.76. The molecule has 0 spiro atoms. The maximum absolute atomic E-state index is 13.0. The van der Waals surface area contributed by atoms with Crippen molar-refractivity contribution in [2.24, 2.45) is 0 Å². The summed E-state index contributed by atoms with van der Waals surface area (Å²) in [6.07, 6.45) is 0. The van der Waals surface area contributed by atoms with Crippen LogP contribution in [0.2, 0.25) is 5.02 Å². The standard InChI is InChI=1S/C17H14ClFO5/c1-10-3-6-15(12(7-10)17(21)22-2)24-16(20)9-23-11-4-5-14(19)13(18)8-11/h3-8H,9H2,1-2H3. The SMILES string of the molecule is COC(=O)c1cc(C)ccc1OC(=O)COc1ccc(F)c(Cl)c1. The van der Waals surface area contributed by atoms with Crippen LogP contribution in [0.25, 0.3) is 0 Å². The number of ether oxygens (including phenoxy) is 3. The van der Waals surface area contributed by atoms with E-state index in [4.69, 9.17) is 21.1 Å². The van der Waals surface area contributed by atoms with Gasteiger partial charge in [0.1, 0.15) is 22.9 Å². The number of methoxy groups -OCH3 is 1. The number of aryl methyl sites for hydroxylation is 1. The normalized spacial score (nSPS) is 10.2. The topological polar surface area (TPSA) is 61.8 Å². The molecular weight excluding hydrogens is 339 g/mol. The Bertz CT molecular complexity index is 776. The van der Waals surface area contributed by atoms with Gasteiger partial charge in [0, 0.05) is 6.07 Å². The lowest BCUT2D eigenvalue weighted by Gasteiger charge is -2.10. The van der Waals surface area contributed by atoms with E-state index in [-0.39, 0.29) is 22.1 Å². The van der Waals surface area contributed by atoms with E-state index in [1.807, 2.05) is 0 Å². The summed E-state index contributed by atoms with van der Waals surface area (Å²) in [6, 6.07) is 8.44. The molecule has 2 aromatic carbocycles. The minimum absolute atomic E-state index is 0.0678. The van der Waals surface area contributed by atoms with Crippen LogP contribution in [0.15, 0.2) is 36.4 Å². The largest absolute Gasteiger partial charge is 0.482 e. The zero-order valence-corrected chi connectivity index (χ0v) is 13.7. The van der Waals surface area contributed by atoms with Gasteiger partial charge in [-0.1, -0.05) is 17.7 Å². The lowest BCUT2D eigenvalue weighted by Crippen LogP contribution is -2.19. The van der Waals surface area contributed by atoms with Crippen LogP contribution in [0, 0.1) is 12.7 Å². The van der Waals surface area contributed by atoms with E-state index in [2.05, 4.69) is 4.74 Å². The van der Waals surface area contributed by atoms with Crippen LogP contribution >= 0.6 is 11.6 Å². The lowest BCUT2D eigenvalue weighted by atomic mass is 10.1. The molecule has 0 unspecified atom stereocenters. The molecule has 24 heavy (non-hydrogen) atoms. The Balaban J connectivity index is 2.04. The molecule has 0 saturated carbocycles. The van der Waals surface area contributed by atoms with E-state index in [0.717, 1.165) is 11.6 Å². The lowest BCUT2D eigenvalue weighted by molar-refractivity contribution is -0.136. The zero-order chi connectivity index (χ0) is 17.7. The van der Waals surface area contributed by atoms with Crippen LogP contribution in [0.3, 0.4) is 0 Å². The smallest absolute Gasteiger partial charge is 0.349 e. The predicted octanol–water partition coefficient (Wildman–Crippen LogP) is 3.56. The molecule has 0 aliphatic carbocycles. The van der Waals surface area contributed by atoms with Crippen molar-refractivity contribution >= 4 is 23.5 Å². The Morgan fingerprint density at radius 3 is 2.58 bits per heavy atom. The molecule has 0 N–H and O–H groups in total. The molecule has 0 aliphatic rings. The molecule has 0 bridgehead atoms. The van der Waals surface area contributed by atoms with Crippen molar-refractivity contribution in [1.29, 1.82) is 0 Å². The molecule has 0 amide bonds. The molecule has 0 atom stereocenters. The van der Waals surface area contributed by atoms with Gasteiger partial charge in [0.15, 0.2) is 6.61 Å². The molecule has 0 heterocycles. The van der Waals surface area contributed by atoms with E-state index in [1.54, 1.807) is 19.1 Å². The molecule has 0 fully saturated rings. The first-order valence-corrected chi connectivity index (χ1v) is 7.26. The van der Waals surface area contributed by atoms with Crippen LogP contribution in [0.4, 0.5) is 4.39 Å². The van der Waals surface area contributed by atoms with Crippen molar-refractivity contribution in [2.45, 2.75) is 6.92 Å². The van der Waals surface area contributed by atoms with Gasteiger partial charge in [-0.05, 0) is 36.8 Å². The van der Waals surface area contributed by atoms with Gasteiger partial charge in [0.2, 0.25) is 0 Å². The van der Waals surface area contributed by atoms with Gasteiger partial charge >= 0.3 is 11.9 Å². The minimum atomic E-state index is -0.732. The van der Waals surface area contributed by atoms with Crippen molar-refractivity contribution in [3.8, 4) is 11.5 Å². The Hall–Kier alpha value is -2.60. The second-order valence-corrected chi connectivity index (χ2v) is 5.24. The fraction of sp³-hybridized carbons (Fsp3) is 0.176. The maximum Gasteiger partial charge on any atom is 0.349 e. The predicted molar refractivity (Wildman–Crippen MR) is 85.1 cm³/mol. The van der Waals surface area contributed by atoms with Gasteiger partial charge in [0.05, 0.1) is 12.1 Å². The Morgan fingerprint density at radius 1 is 1.17 bits per heavy atom. The monoisotopic (exact) mass is 352 g/mol. The second kappa shape index (κ2) is 7.79. The number of hydrogen-bond donors (Lipinski definition) is 0. The van der Waals surface area contributed by atoms with Gasteiger partial charge in [-0.15, -0.1) is 0 Å². The highest BCUT2D eigenvalue weighted by Gasteiger charge is 2.16. The van der Waals surface area contributed by atoms with Crippen LogP contribution in [-0.2, 0) is 9.53 Å². The van der Waals surface area contributed by atoms with Crippen molar-refractivity contribution in [1.82, 2.24) is 0 Å². The van der Waals surface area contributed by atoms with Crippen LogP contribution in [-0.4, -0.2) is 25.7 Å². The third-order valence-corrected chi connectivity index (χ3v) is 3.30. The fourth-order valence-corrected chi connectivity index (χ4v) is 2.03. The molecule has 2 rings (SSSR count). The number of hydrogen-bond acceptors (Lipinski definition) is 5. The molecule has 5 nitrogen and oxygen atoms in total. The van der Waals surface area contributed by atoms with E-state index in [0.29, 0.717) is 0 Å². The summed E-state index contributed by atoms with van der Waals surface area (Å²) < 4.78 is 28.0. The molecule has 2 aromatic rings. The van der Waals surface area contributed by atoms with Gasteiger partial charge in [-0.3, -0.25) is 0 Å². The summed E-state index contributed by atoms with van der Waals surface area (Å²) in [5.74, 6) is -1.65. The third-order valence-electron chi connectivity index (χ3n) is 3.01. The highest BCUT2D eigenvalue weighted by atomic mass is 35.5. The minimum Gasteiger partial charge on any atom is -0.482 e. The van der Waals surface area contributed by atoms with Crippen molar-refractivity contribution < 1.29 is 28.2 Å². The van der Waals surface area contributed by atoms with Gasteiger partial charge in [-0.2, -0.15) is 0 Å². The summed E-state index contributed by atoms with van der Waals surface area (Å²) in [5, 5.41) is -0.118. The summed E-state index contributed by atoms with van der Waals surface area (Å²) in [5.41, 5.74) is 0.947. The van der Waals surface area contributed by atoms with Gasteiger partial charge in [0.25, 0.3) is 0 Å². The van der Waals surface area contributed by atoms with E-state index in [9.17, 15) is 14.0 Å². The van der Waals surface area contributed by atoms with Crippen LogP contribution < -0.4 is 9.47 Å². The molecule has 126 valence electrons.